The molecule has 0 aliphatic heterocycles. The van der Waals surface area contributed by atoms with Gasteiger partial charge in [-0.1, -0.05) is 115 Å². The molecular weight excluding hydrogens is 861 g/mol. The molecule has 0 radical (unpaired) electrons. The molecule has 0 saturated carbocycles. The molecule has 6 heterocycles. The zero-order valence-electron chi connectivity index (χ0n) is 37.3. The molecule has 0 aliphatic carbocycles. The van der Waals surface area contributed by atoms with Crippen LogP contribution < -0.4 is 0 Å². The molecular formula is C62H36N6O2. The molecule has 326 valence electrons. The SMILES string of the molecule is c1ccc(-n2c3ccccc3c3cc(-c4ccc5c(c4)c4ccccc4n5-c4ccccc4-c4nc(-c5ccc6c(c5)oc5ccccc56)nc(-c5cccc6oc7ccncc7c56)n4)ccc32)cc1. The van der Waals surface area contributed by atoms with E-state index in [1.807, 2.05) is 54.7 Å². The summed E-state index contributed by atoms with van der Waals surface area (Å²) in [6.07, 6.45) is 3.59. The molecule has 0 unspecified atom stereocenters. The van der Waals surface area contributed by atoms with E-state index < -0.39 is 0 Å². The summed E-state index contributed by atoms with van der Waals surface area (Å²) in [5.41, 5.74) is 14.5. The van der Waals surface area contributed by atoms with Crippen molar-refractivity contribution in [2.45, 2.75) is 0 Å². The van der Waals surface area contributed by atoms with Crippen LogP contribution in [0.3, 0.4) is 0 Å². The molecule has 8 nitrogen and oxygen atoms in total. The number of pyridine rings is 1. The van der Waals surface area contributed by atoms with Crippen molar-refractivity contribution in [1.29, 1.82) is 0 Å². The van der Waals surface area contributed by atoms with Crippen molar-refractivity contribution >= 4 is 87.5 Å². The minimum absolute atomic E-state index is 0.521. The van der Waals surface area contributed by atoms with E-state index in [1.54, 1.807) is 6.20 Å². The van der Waals surface area contributed by atoms with E-state index in [2.05, 4.69) is 172 Å². The number of hydrogen-bond acceptors (Lipinski definition) is 6. The highest BCUT2D eigenvalue weighted by molar-refractivity contribution is 6.14. The zero-order valence-corrected chi connectivity index (χ0v) is 37.3. The lowest BCUT2D eigenvalue weighted by atomic mass is 10.0. The monoisotopic (exact) mass is 896 g/mol. The second kappa shape index (κ2) is 14.9. The molecule has 9 aromatic carbocycles. The lowest BCUT2D eigenvalue weighted by molar-refractivity contribution is 0.668. The van der Waals surface area contributed by atoms with E-state index in [9.17, 15) is 0 Å². The Morgan fingerprint density at radius 3 is 1.69 bits per heavy atom. The highest BCUT2D eigenvalue weighted by Crippen LogP contribution is 2.42. The Labute approximate surface area is 399 Å². The number of hydrogen-bond donors (Lipinski definition) is 0. The number of para-hydroxylation sites is 5. The summed E-state index contributed by atoms with van der Waals surface area (Å²) in [6.45, 7) is 0. The van der Waals surface area contributed by atoms with Crippen LogP contribution in [0.1, 0.15) is 0 Å². The van der Waals surface area contributed by atoms with Gasteiger partial charge in [0.15, 0.2) is 17.5 Å². The van der Waals surface area contributed by atoms with E-state index in [-0.39, 0.29) is 0 Å². The van der Waals surface area contributed by atoms with Gasteiger partial charge >= 0.3 is 0 Å². The smallest absolute Gasteiger partial charge is 0.166 e. The Morgan fingerprint density at radius 2 is 0.886 bits per heavy atom. The van der Waals surface area contributed by atoms with Gasteiger partial charge in [0.2, 0.25) is 0 Å². The molecule has 0 amide bonds. The van der Waals surface area contributed by atoms with Gasteiger partial charge in [0.25, 0.3) is 0 Å². The van der Waals surface area contributed by atoms with E-state index in [0.29, 0.717) is 17.5 Å². The maximum Gasteiger partial charge on any atom is 0.166 e. The van der Waals surface area contributed by atoms with Gasteiger partial charge in [0.1, 0.15) is 22.3 Å². The molecule has 15 aromatic rings. The molecule has 0 atom stereocenters. The van der Waals surface area contributed by atoms with Gasteiger partial charge in [-0.3, -0.25) is 4.98 Å². The van der Waals surface area contributed by atoms with E-state index in [1.165, 1.54) is 21.8 Å². The fourth-order valence-electron chi connectivity index (χ4n) is 10.7. The predicted molar refractivity (Wildman–Crippen MR) is 283 cm³/mol. The second-order valence-corrected chi connectivity index (χ2v) is 17.8. The fourth-order valence-corrected chi connectivity index (χ4v) is 10.7. The average molecular weight is 897 g/mol. The van der Waals surface area contributed by atoms with Crippen molar-refractivity contribution < 1.29 is 8.83 Å². The lowest BCUT2D eigenvalue weighted by Gasteiger charge is -2.15. The average Bonchev–Trinajstić information content (AvgIpc) is 4.18. The molecule has 0 aliphatic rings. The minimum atomic E-state index is 0.521. The summed E-state index contributed by atoms with van der Waals surface area (Å²) >= 11 is 0. The summed E-state index contributed by atoms with van der Waals surface area (Å²) in [5, 5.41) is 8.64. The van der Waals surface area contributed by atoms with Crippen LogP contribution in [0, 0.1) is 0 Å². The van der Waals surface area contributed by atoms with Gasteiger partial charge < -0.3 is 18.0 Å². The summed E-state index contributed by atoms with van der Waals surface area (Å²) in [5.74, 6) is 1.58. The Kier molecular flexibility index (Phi) is 8.20. The van der Waals surface area contributed by atoms with Crippen molar-refractivity contribution in [2.75, 3.05) is 0 Å². The standard InChI is InChI=1S/C62H36N6O2/c1-2-13-40(14-3-1)67-50-20-8-4-15-41(50)47-33-37(26-29-53(47)67)38-27-30-54-48(34-38)42-16-5-9-21-51(42)68(54)52-22-10-6-18-45(52)61-64-60(39-25-28-44-43-17-7-11-23-55(43)70-58(44)35-39)65-62(66-61)46-19-12-24-57-59(46)49-36-63-32-31-56(49)69-57/h1-36H. The van der Waals surface area contributed by atoms with Crippen molar-refractivity contribution in [3.05, 3.63) is 219 Å². The largest absolute Gasteiger partial charge is 0.456 e. The molecule has 0 bridgehead atoms. The molecule has 0 fully saturated rings. The number of furan rings is 2. The van der Waals surface area contributed by atoms with Crippen molar-refractivity contribution in [2.24, 2.45) is 0 Å². The Morgan fingerprint density at radius 1 is 0.329 bits per heavy atom. The first-order valence-corrected chi connectivity index (χ1v) is 23.4. The minimum Gasteiger partial charge on any atom is -0.456 e. The quantitative estimate of drug-likeness (QED) is 0.165. The highest BCUT2D eigenvalue weighted by Gasteiger charge is 2.23. The first-order valence-electron chi connectivity index (χ1n) is 23.4. The summed E-state index contributed by atoms with van der Waals surface area (Å²) in [4.78, 5) is 20.4. The Balaban J connectivity index is 0.922. The number of fused-ring (bicyclic) bond motifs is 12. The van der Waals surface area contributed by atoms with E-state index >= 15 is 0 Å². The van der Waals surface area contributed by atoms with Crippen LogP contribution in [0.2, 0.25) is 0 Å². The van der Waals surface area contributed by atoms with Gasteiger partial charge in [-0.2, -0.15) is 0 Å². The van der Waals surface area contributed by atoms with Gasteiger partial charge in [0.05, 0.1) is 27.8 Å². The summed E-state index contributed by atoms with van der Waals surface area (Å²) < 4.78 is 17.4. The van der Waals surface area contributed by atoms with Crippen LogP contribution >= 0.6 is 0 Å². The number of benzene rings is 9. The normalized spacial score (nSPS) is 12.0. The summed E-state index contributed by atoms with van der Waals surface area (Å²) in [6, 6.07) is 72.2. The number of rotatable bonds is 6. The highest BCUT2D eigenvalue weighted by atomic mass is 16.3. The van der Waals surface area contributed by atoms with Crippen LogP contribution in [0.5, 0.6) is 0 Å². The molecule has 0 spiro atoms. The van der Waals surface area contributed by atoms with E-state index in [0.717, 1.165) is 105 Å². The number of nitrogens with zero attached hydrogens (tertiary/aromatic N) is 6. The molecule has 15 rings (SSSR count). The first kappa shape index (κ1) is 38.4. The Hall–Kier alpha value is -9.66. The maximum absolute atomic E-state index is 6.38. The van der Waals surface area contributed by atoms with Crippen LogP contribution in [0.15, 0.2) is 227 Å². The fraction of sp³-hybridized carbons (Fsp3) is 0. The van der Waals surface area contributed by atoms with Crippen molar-refractivity contribution in [3.63, 3.8) is 0 Å². The van der Waals surface area contributed by atoms with Crippen LogP contribution in [0.25, 0.3) is 144 Å². The van der Waals surface area contributed by atoms with E-state index in [4.69, 9.17) is 23.8 Å². The summed E-state index contributed by atoms with van der Waals surface area (Å²) in [7, 11) is 0. The first-order chi connectivity index (χ1) is 34.7. The van der Waals surface area contributed by atoms with Gasteiger partial charge in [-0.25, -0.2) is 15.0 Å². The van der Waals surface area contributed by atoms with Crippen molar-refractivity contribution in [1.82, 2.24) is 29.1 Å². The molecule has 0 N–H and O–H groups in total. The van der Waals surface area contributed by atoms with Gasteiger partial charge in [-0.15, -0.1) is 0 Å². The van der Waals surface area contributed by atoms with Gasteiger partial charge in [-0.05, 0) is 102 Å². The van der Waals surface area contributed by atoms with Crippen molar-refractivity contribution in [3.8, 4) is 56.7 Å². The number of aromatic nitrogens is 6. The third kappa shape index (κ3) is 5.77. The molecule has 6 aromatic heterocycles. The van der Waals surface area contributed by atoms with Gasteiger partial charge in [0, 0.05) is 77.9 Å². The van der Waals surface area contributed by atoms with Crippen LogP contribution in [-0.4, -0.2) is 29.1 Å². The van der Waals surface area contributed by atoms with Crippen LogP contribution in [-0.2, 0) is 0 Å². The predicted octanol–water partition coefficient (Wildman–Crippen LogP) is 15.9. The maximum atomic E-state index is 6.38. The zero-order chi connectivity index (χ0) is 45.9. The van der Waals surface area contributed by atoms with Crippen LogP contribution in [0.4, 0.5) is 0 Å². The lowest BCUT2D eigenvalue weighted by Crippen LogP contribution is -2.03. The topological polar surface area (TPSA) is 87.7 Å². The Bertz CT molecular complexity index is 4620. The molecule has 0 saturated heterocycles. The second-order valence-electron chi connectivity index (χ2n) is 17.8. The third-order valence-electron chi connectivity index (χ3n) is 13.9. The molecule has 70 heavy (non-hydrogen) atoms. The third-order valence-corrected chi connectivity index (χ3v) is 13.9. The molecule has 8 heteroatoms.